The van der Waals surface area contributed by atoms with Gasteiger partial charge in [0.15, 0.2) is 0 Å². The van der Waals surface area contributed by atoms with Crippen LogP contribution in [0.4, 0.5) is 0 Å². The van der Waals surface area contributed by atoms with Crippen molar-refractivity contribution >= 4 is 17.4 Å². The summed E-state index contributed by atoms with van der Waals surface area (Å²) in [6, 6.07) is 1.44. The molecule has 130 valence electrons. The number of fused-ring (bicyclic) bond motifs is 1. The number of primary amides is 1. The lowest BCUT2D eigenvalue weighted by atomic mass is 10.0. The van der Waals surface area contributed by atoms with E-state index in [9.17, 15) is 14.7 Å². The van der Waals surface area contributed by atoms with E-state index < -0.39 is 11.9 Å². The van der Waals surface area contributed by atoms with Gasteiger partial charge in [-0.1, -0.05) is 0 Å². The second-order valence-corrected chi connectivity index (χ2v) is 5.42. The van der Waals surface area contributed by atoms with Gasteiger partial charge in [-0.05, 0) is 19.9 Å². The van der Waals surface area contributed by atoms with Crippen LogP contribution in [-0.2, 0) is 4.74 Å². The number of amides is 1. The summed E-state index contributed by atoms with van der Waals surface area (Å²) in [6.07, 6.45) is 5.70. The lowest BCUT2D eigenvalue weighted by Gasteiger charge is -2.11. The number of carbonyl (C=O) groups is 2. The molecule has 0 aliphatic carbocycles. The Morgan fingerprint density at radius 3 is 2.72 bits per heavy atom. The molecule has 9 heteroatoms. The highest BCUT2D eigenvalue weighted by Crippen LogP contribution is 2.29. The van der Waals surface area contributed by atoms with Gasteiger partial charge >= 0.3 is 5.97 Å². The number of hydrogen-bond acceptors (Lipinski definition) is 5. The molecule has 0 bridgehead atoms. The molecule has 0 aliphatic heterocycles. The molecule has 0 saturated carbocycles. The Hall–Kier alpha value is -3.20. The van der Waals surface area contributed by atoms with Gasteiger partial charge in [0.1, 0.15) is 6.23 Å². The standard InChI is InChI=1S/C16H17N5O4/c1-3-25-9(2)20-8-11(5-18-20)14-12(15(17)22)6-19-21-7-10(16(23)24)4-13(14)21/h4-9H,3H2,1-2H3,(H2,17,22)(H,23,24). The van der Waals surface area contributed by atoms with Crippen LogP contribution in [0.1, 0.15) is 40.8 Å². The highest BCUT2D eigenvalue weighted by Gasteiger charge is 2.20. The average molecular weight is 343 g/mol. The SMILES string of the molecule is CCOC(C)n1cc(-c2c(C(N)=O)cnn3cc(C(=O)O)cc23)cn1. The summed E-state index contributed by atoms with van der Waals surface area (Å²) in [5, 5.41) is 17.5. The first-order chi connectivity index (χ1) is 11.9. The largest absolute Gasteiger partial charge is 0.478 e. The van der Waals surface area contributed by atoms with Gasteiger partial charge in [-0.15, -0.1) is 0 Å². The molecular formula is C16H17N5O4. The fourth-order valence-corrected chi connectivity index (χ4v) is 2.65. The Morgan fingerprint density at radius 2 is 2.08 bits per heavy atom. The van der Waals surface area contributed by atoms with E-state index in [0.717, 1.165) is 0 Å². The summed E-state index contributed by atoms with van der Waals surface area (Å²) < 4.78 is 8.50. The van der Waals surface area contributed by atoms with Crippen molar-refractivity contribution in [2.45, 2.75) is 20.1 Å². The smallest absolute Gasteiger partial charge is 0.337 e. The molecule has 0 radical (unpaired) electrons. The van der Waals surface area contributed by atoms with Crippen molar-refractivity contribution in [3.8, 4) is 11.1 Å². The Balaban J connectivity index is 2.20. The number of nitrogens with two attached hydrogens (primary N) is 1. The fraction of sp³-hybridized carbons (Fsp3) is 0.250. The van der Waals surface area contributed by atoms with Crippen molar-refractivity contribution in [1.82, 2.24) is 19.4 Å². The van der Waals surface area contributed by atoms with Crippen LogP contribution in [0.25, 0.3) is 16.6 Å². The van der Waals surface area contributed by atoms with E-state index in [-0.39, 0.29) is 17.4 Å². The molecular weight excluding hydrogens is 326 g/mol. The monoisotopic (exact) mass is 343 g/mol. The second-order valence-electron chi connectivity index (χ2n) is 5.42. The average Bonchev–Trinajstić information content (AvgIpc) is 3.21. The van der Waals surface area contributed by atoms with Crippen molar-refractivity contribution in [2.24, 2.45) is 5.73 Å². The minimum atomic E-state index is -1.09. The number of carbonyl (C=O) groups excluding carboxylic acids is 1. The highest BCUT2D eigenvalue weighted by molar-refractivity contribution is 6.04. The topological polar surface area (TPSA) is 125 Å². The molecule has 1 atom stereocenters. The number of carboxylic acids is 1. The lowest BCUT2D eigenvalue weighted by Crippen LogP contribution is -2.14. The fourth-order valence-electron chi connectivity index (χ4n) is 2.65. The number of rotatable bonds is 6. The Kier molecular flexibility index (Phi) is 4.24. The summed E-state index contributed by atoms with van der Waals surface area (Å²) in [5.74, 6) is -1.74. The van der Waals surface area contributed by atoms with Crippen molar-refractivity contribution in [3.05, 3.63) is 42.0 Å². The van der Waals surface area contributed by atoms with Crippen molar-refractivity contribution < 1.29 is 19.4 Å². The van der Waals surface area contributed by atoms with E-state index in [1.165, 1.54) is 23.0 Å². The van der Waals surface area contributed by atoms with Crippen LogP contribution in [0.3, 0.4) is 0 Å². The van der Waals surface area contributed by atoms with Crippen LogP contribution in [-0.4, -0.2) is 43.0 Å². The Bertz CT molecular complexity index is 959. The number of aromatic nitrogens is 4. The quantitative estimate of drug-likeness (QED) is 0.699. The number of aromatic carboxylic acids is 1. The minimum absolute atomic E-state index is 0.0606. The molecule has 0 fully saturated rings. The van der Waals surface area contributed by atoms with Gasteiger partial charge in [-0.3, -0.25) is 4.79 Å². The van der Waals surface area contributed by atoms with Crippen molar-refractivity contribution in [1.29, 1.82) is 0 Å². The van der Waals surface area contributed by atoms with Gasteiger partial charge in [0.2, 0.25) is 0 Å². The van der Waals surface area contributed by atoms with Crippen LogP contribution < -0.4 is 5.73 Å². The number of hydrogen-bond donors (Lipinski definition) is 2. The van der Waals surface area contributed by atoms with Crippen LogP contribution in [0.5, 0.6) is 0 Å². The third-order valence-corrected chi connectivity index (χ3v) is 3.82. The summed E-state index contributed by atoms with van der Waals surface area (Å²) >= 11 is 0. The molecule has 25 heavy (non-hydrogen) atoms. The molecule has 3 rings (SSSR count). The molecule has 1 unspecified atom stereocenters. The maximum atomic E-state index is 11.8. The zero-order chi connectivity index (χ0) is 18.1. The molecule has 3 aromatic rings. The molecule has 0 spiro atoms. The summed E-state index contributed by atoms with van der Waals surface area (Å²) in [5.41, 5.74) is 7.26. The molecule has 3 aromatic heterocycles. The zero-order valence-electron chi connectivity index (χ0n) is 13.7. The molecule has 0 aromatic carbocycles. The second kappa shape index (κ2) is 6.36. The predicted octanol–water partition coefficient (Wildman–Crippen LogP) is 1.55. The zero-order valence-corrected chi connectivity index (χ0v) is 13.7. The Morgan fingerprint density at radius 1 is 1.32 bits per heavy atom. The molecule has 0 aliphatic rings. The van der Waals surface area contributed by atoms with E-state index in [1.807, 2.05) is 13.8 Å². The molecule has 0 saturated heterocycles. The molecule has 3 heterocycles. The molecule has 9 nitrogen and oxygen atoms in total. The predicted molar refractivity (Wildman–Crippen MR) is 88.2 cm³/mol. The van der Waals surface area contributed by atoms with Crippen LogP contribution in [0.2, 0.25) is 0 Å². The lowest BCUT2D eigenvalue weighted by molar-refractivity contribution is 0.0160. The third kappa shape index (κ3) is 2.96. The van der Waals surface area contributed by atoms with E-state index in [2.05, 4.69) is 10.2 Å². The minimum Gasteiger partial charge on any atom is -0.478 e. The van der Waals surface area contributed by atoms with Gasteiger partial charge in [-0.2, -0.15) is 10.2 Å². The van der Waals surface area contributed by atoms with Gasteiger partial charge < -0.3 is 15.6 Å². The molecule has 3 N–H and O–H groups in total. The van der Waals surface area contributed by atoms with Crippen LogP contribution in [0, 0.1) is 0 Å². The third-order valence-electron chi connectivity index (χ3n) is 3.82. The summed E-state index contributed by atoms with van der Waals surface area (Å²) in [4.78, 5) is 23.1. The van der Waals surface area contributed by atoms with Crippen molar-refractivity contribution in [3.63, 3.8) is 0 Å². The van der Waals surface area contributed by atoms with E-state index in [0.29, 0.717) is 23.3 Å². The summed E-state index contributed by atoms with van der Waals surface area (Å²) in [7, 11) is 0. The maximum Gasteiger partial charge on any atom is 0.337 e. The van der Waals surface area contributed by atoms with E-state index >= 15 is 0 Å². The van der Waals surface area contributed by atoms with Crippen LogP contribution in [0.15, 0.2) is 30.9 Å². The number of ether oxygens (including phenoxy) is 1. The first-order valence-corrected chi connectivity index (χ1v) is 7.63. The number of nitrogens with zero attached hydrogens (tertiary/aromatic N) is 4. The first-order valence-electron chi connectivity index (χ1n) is 7.63. The normalized spacial score (nSPS) is 12.4. The summed E-state index contributed by atoms with van der Waals surface area (Å²) in [6.45, 7) is 4.26. The van der Waals surface area contributed by atoms with Crippen LogP contribution >= 0.6 is 0 Å². The Labute approximate surface area is 142 Å². The first kappa shape index (κ1) is 16.7. The van der Waals surface area contributed by atoms with E-state index in [1.54, 1.807) is 17.1 Å². The van der Waals surface area contributed by atoms with Gasteiger partial charge in [-0.25, -0.2) is 14.0 Å². The number of carboxylic acid groups (broad SMARTS) is 1. The highest BCUT2D eigenvalue weighted by atomic mass is 16.5. The van der Waals surface area contributed by atoms with Gasteiger partial charge in [0.05, 0.1) is 29.0 Å². The van der Waals surface area contributed by atoms with Crippen molar-refractivity contribution in [2.75, 3.05) is 6.61 Å². The molecule has 1 amide bonds. The van der Waals surface area contributed by atoms with Gasteiger partial charge in [0.25, 0.3) is 5.91 Å². The van der Waals surface area contributed by atoms with Gasteiger partial charge in [0, 0.05) is 30.1 Å². The maximum absolute atomic E-state index is 11.8. The van der Waals surface area contributed by atoms with E-state index in [4.69, 9.17) is 10.5 Å².